The van der Waals surface area contributed by atoms with Crippen LogP contribution in [0.4, 0.5) is 11.6 Å². The predicted octanol–water partition coefficient (Wildman–Crippen LogP) is 3.50. The molecule has 142 valence electrons. The van der Waals surface area contributed by atoms with Crippen LogP contribution in [0, 0.1) is 0 Å². The van der Waals surface area contributed by atoms with E-state index in [1.165, 1.54) is 13.3 Å². The van der Waals surface area contributed by atoms with E-state index in [1.807, 2.05) is 37.3 Å². The first-order valence-electron chi connectivity index (χ1n) is 8.71. The summed E-state index contributed by atoms with van der Waals surface area (Å²) < 4.78 is 4.71. The lowest BCUT2D eigenvalue weighted by Crippen LogP contribution is -2.27. The summed E-state index contributed by atoms with van der Waals surface area (Å²) in [7, 11) is 1.32. The average Bonchev–Trinajstić information content (AvgIpc) is 2.74. The summed E-state index contributed by atoms with van der Waals surface area (Å²) >= 11 is 0. The zero-order valence-electron chi connectivity index (χ0n) is 15.5. The summed E-state index contributed by atoms with van der Waals surface area (Å²) in [4.78, 5) is 32.6. The van der Waals surface area contributed by atoms with Gasteiger partial charge in [-0.25, -0.2) is 14.8 Å². The van der Waals surface area contributed by atoms with E-state index < -0.39 is 5.97 Å². The monoisotopic (exact) mass is 376 g/mol. The molecule has 7 nitrogen and oxygen atoms in total. The van der Waals surface area contributed by atoms with Gasteiger partial charge in [0.25, 0.3) is 5.91 Å². The molecule has 0 saturated heterocycles. The van der Waals surface area contributed by atoms with Gasteiger partial charge in [-0.15, -0.1) is 0 Å². The van der Waals surface area contributed by atoms with Crippen LogP contribution in [-0.2, 0) is 4.74 Å². The van der Waals surface area contributed by atoms with Gasteiger partial charge in [-0.1, -0.05) is 36.4 Å². The van der Waals surface area contributed by atoms with Crippen LogP contribution >= 0.6 is 0 Å². The highest BCUT2D eigenvalue weighted by Gasteiger charge is 2.14. The molecule has 0 radical (unpaired) electrons. The Labute approximate surface area is 162 Å². The molecule has 1 heterocycles. The van der Waals surface area contributed by atoms with Crippen molar-refractivity contribution in [1.82, 2.24) is 15.3 Å². The third-order valence-corrected chi connectivity index (χ3v) is 4.08. The predicted molar refractivity (Wildman–Crippen MR) is 105 cm³/mol. The van der Waals surface area contributed by atoms with Crippen molar-refractivity contribution in [1.29, 1.82) is 0 Å². The van der Waals surface area contributed by atoms with E-state index in [9.17, 15) is 9.59 Å². The smallest absolute Gasteiger partial charge is 0.337 e. The standard InChI is InChI=1S/C21H20N4O3/c1-14(15-7-4-3-5-8-15)23-19(26)18-11-12-22-21(25-18)24-17-10-6-9-16(13-17)20(27)28-2/h3-14H,1-2H3,(H,23,26)(H,22,24,25). The second kappa shape index (κ2) is 8.77. The van der Waals surface area contributed by atoms with E-state index in [0.717, 1.165) is 5.56 Å². The Morgan fingerprint density at radius 1 is 1.04 bits per heavy atom. The Bertz CT molecular complexity index is 976. The van der Waals surface area contributed by atoms with Crippen LogP contribution in [0.3, 0.4) is 0 Å². The fraction of sp³-hybridized carbons (Fsp3) is 0.143. The molecule has 3 rings (SSSR count). The molecule has 0 aliphatic heterocycles. The van der Waals surface area contributed by atoms with Crippen LogP contribution in [-0.4, -0.2) is 29.0 Å². The Morgan fingerprint density at radius 2 is 1.82 bits per heavy atom. The van der Waals surface area contributed by atoms with Crippen LogP contribution < -0.4 is 10.6 Å². The molecule has 1 atom stereocenters. The molecule has 28 heavy (non-hydrogen) atoms. The highest BCUT2D eigenvalue weighted by atomic mass is 16.5. The topological polar surface area (TPSA) is 93.2 Å². The van der Waals surface area contributed by atoms with Crippen LogP contribution in [0.1, 0.15) is 39.4 Å². The summed E-state index contributed by atoms with van der Waals surface area (Å²) in [5.74, 6) is -0.486. The maximum absolute atomic E-state index is 12.5. The molecule has 1 unspecified atom stereocenters. The molecule has 0 saturated carbocycles. The number of esters is 1. The fourth-order valence-electron chi connectivity index (χ4n) is 2.61. The zero-order valence-corrected chi connectivity index (χ0v) is 15.5. The molecular formula is C21H20N4O3. The van der Waals surface area contributed by atoms with Gasteiger partial charge < -0.3 is 15.4 Å². The molecule has 7 heteroatoms. The number of hydrogen-bond acceptors (Lipinski definition) is 6. The lowest BCUT2D eigenvalue weighted by Gasteiger charge is -2.14. The highest BCUT2D eigenvalue weighted by molar-refractivity contribution is 5.93. The van der Waals surface area contributed by atoms with Crippen molar-refractivity contribution in [2.24, 2.45) is 0 Å². The molecule has 3 aromatic rings. The van der Waals surface area contributed by atoms with Gasteiger partial charge in [0.2, 0.25) is 5.95 Å². The summed E-state index contributed by atoms with van der Waals surface area (Å²) in [5, 5.41) is 5.91. The SMILES string of the molecule is COC(=O)c1cccc(Nc2nccc(C(=O)NC(C)c3ccccc3)n2)c1. The van der Waals surface area contributed by atoms with Crippen molar-refractivity contribution >= 4 is 23.5 Å². The Kier molecular flexibility index (Phi) is 5.96. The second-order valence-corrected chi connectivity index (χ2v) is 6.07. The Hall–Kier alpha value is -3.74. The van der Waals surface area contributed by atoms with Gasteiger partial charge in [0.05, 0.1) is 18.7 Å². The molecule has 0 bridgehead atoms. The van der Waals surface area contributed by atoms with Gasteiger partial charge in [-0.2, -0.15) is 0 Å². The van der Waals surface area contributed by atoms with Crippen molar-refractivity contribution in [2.75, 3.05) is 12.4 Å². The zero-order chi connectivity index (χ0) is 19.9. The van der Waals surface area contributed by atoms with Crippen molar-refractivity contribution in [3.63, 3.8) is 0 Å². The first-order valence-corrected chi connectivity index (χ1v) is 8.71. The second-order valence-electron chi connectivity index (χ2n) is 6.07. The first kappa shape index (κ1) is 19.0. The fourth-order valence-corrected chi connectivity index (χ4v) is 2.61. The Balaban J connectivity index is 1.72. The van der Waals surface area contributed by atoms with Crippen LogP contribution in [0.5, 0.6) is 0 Å². The molecule has 1 amide bonds. The molecule has 0 spiro atoms. The molecule has 2 aromatic carbocycles. The minimum atomic E-state index is -0.437. The normalized spacial score (nSPS) is 11.4. The van der Waals surface area contributed by atoms with Gasteiger partial charge in [0.15, 0.2) is 0 Å². The van der Waals surface area contributed by atoms with Gasteiger partial charge in [0.1, 0.15) is 5.69 Å². The lowest BCUT2D eigenvalue weighted by atomic mass is 10.1. The molecular weight excluding hydrogens is 356 g/mol. The third kappa shape index (κ3) is 4.70. The minimum absolute atomic E-state index is 0.156. The van der Waals surface area contributed by atoms with Crippen LogP contribution in [0.2, 0.25) is 0 Å². The maximum Gasteiger partial charge on any atom is 0.337 e. The minimum Gasteiger partial charge on any atom is -0.465 e. The van der Waals surface area contributed by atoms with Gasteiger partial charge in [-0.05, 0) is 36.8 Å². The van der Waals surface area contributed by atoms with E-state index in [4.69, 9.17) is 4.74 Å². The maximum atomic E-state index is 12.5. The summed E-state index contributed by atoms with van der Waals surface area (Å²) in [6.45, 7) is 1.91. The summed E-state index contributed by atoms with van der Waals surface area (Å²) in [5.41, 5.74) is 2.25. The van der Waals surface area contributed by atoms with E-state index in [0.29, 0.717) is 11.3 Å². The van der Waals surface area contributed by atoms with Crippen molar-refractivity contribution in [3.05, 3.63) is 83.7 Å². The number of ether oxygens (including phenoxy) is 1. The molecule has 0 aliphatic rings. The van der Waals surface area contributed by atoms with Gasteiger partial charge in [0, 0.05) is 11.9 Å². The number of amides is 1. The molecule has 0 fully saturated rings. The number of nitrogens with one attached hydrogen (secondary N) is 2. The number of hydrogen-bond donors (Lipinski definition) is 2. The number of carbonyl (C=O) groups is 2. The van der Waals surface area contributed by atoms with E-state index >= 15 is 0 Å². The largest absolute Gasteiger partial charge is 0.465 e. The molecule has 0 aliphatic carbocycles. The number of rotatable bonds is 6. The van der Waals surface area contributed by atoms with Gasteiger partial charge in [-0.3, -0.25) is 4.79 Å². The molecule has 1 aromatic heterocycles. The van der Waals surface area contributed by atoms with Crippen molar-refractivity contribution in [2.45, 2.75) is 13.0 Å². The van der Waals surface area contributed by atoms with Crippen LogP contribution in [0.25, 0.3) is 0 Å². The van der Waals surface area contributed by atoms with Crippen molar-refractivity contribution in [3.8, 4) is 0 Å². The quantitative estimate of drug-likeness (QED) is 0.640. The van der Waals surface area contributed by atoms with E-state index in [-0.39, 0.29) is 23.6 Å². The number of aromatic nitrogens is 2. The highest BCUT2D eigenvalue weighted by Crippen LogP contribution is 2.16. The van der Waals surface area contributed by atoms with Crippen LogP contribution in [0.15, 0.2) is 66.9 Å². The van der Waals surface area contributed by atoms with Gasteiger partial charge >= 0.3 is 5.97 Å². The average molecular weight is 376 g/mol. The number of carbonyl (C=O) groups excluding carboxylic acids is 2. The molecule has 2 N–H and O–H groups in total. The van der Waals surface area contributed by atoms with Crippen molar-refractivity contribution < 1.29 is 14.3 Å². The lowest BCUT2D eigenvalue weighted by molar-refractivity contribution is 0.0600. The summed E-state index contributed by atoms with van der Waals surface area (Å²) in [6.07, 6.45) is 1.50. The Morgan fingerprint density at radius 3 is 2.57 bits per heavy atom. The number of benzene rings is 2. The van der Waals surface area contributed by atoms with E-state index in [1.54, 1.807) is 30.3 Å². The van der Waals surface area contributed by atoms with E-state index in [2.05, 4.69) is 20.6 Å². The first-order chi connectivity index (χ1) is 13.6. The number of anilines is 2. The summed E-state index contributed by atoms with van der Waals surface area (Å²) in [6, 6.07) is 17.8. The number of methoxy groups -OCH3 is 1. The number of nitrogens with zero attached hydrogens (tertiary/aromatic N) is 2. The third-order valence-electron chi connectivity index (χ3n) is 4.08.